The first-order chi connectivity index (χ1) is 13.5. The van der Waals surface area contributed by atoms with Crippen LogP contribution in [-0.2, 0) is 10.5 Å². The van der Waals surface area contributed by atoms with Gasteiger partial charge in [0.05, 0.1) is 11.8 Å². The van der Waals surface area contributed by atoms with Gasteiger partial charge in [-0.1, -0.05) is 43.3 Å². The van der Waals surface area contributed by atoms with Crippen LogP contribution in [0.2, 0.25) is 0 Å². The quantitative estimate of drug-likeness (QED) is 0.685. The monoisotopic (exact) mass is 396 g/mol. The van der Waals surface area contributed by atoms with Crippen LogP contribution in [0.5, 0.6) is 0 Å². The van der Waals surface area contributed by atoms with Crippen molar-refractivity contribution in [2.45, 2.75) is 45.4 Å². The fourth-order valence-electron chi connectivity index (χ4n) is 3.79. The molecule has 0 aliphatic carbocycles. The van der Waals surface area contributed by atoms with Crippen molar-refractivity contribution >= 4 is 23.4 Å². The van der Waals surface area contributed by atoms with Crippen LogP contribution in [0.1, 0.15) is 49.4 Å². The van der Waals surface area contributed by atoms with E-state index in [1.54, 1.807) is 11.8 Å². The number of piperidine rings is 1. The van der Waals surface area contributed by atoms with E-state index in [4.69, 9.17) is 0 Å². The van der Waals surface area contributed by atoms with E-state index in [9.17, 15) is 4.79 Å². The number of carbonyl (C=O) groups is 1. The van der Waals surface area contributed by atoms with E-state index < -0.39 is 0 Å². The van der Waals surface area contributed by atoms with Crippen molar-refractivity contribution < 1.29 is 4.79 Å². The molecule has 0 spiro atoms. The molecule has 0 aromatic heterocycles. The summed E-state index contributed by atoms with van der Waals surface area (Å²) in [7, 11) is 0. The number of thioether (sulfide) groups is 1. The zero-order valence-corrected chi connectivity index (χ0v) is 18.1. The molecular weight excluding hydrogens is 364 g/mol. The highest BCUT2D eigenvalue weighted by molar-refractivity contribution is 7.99. The summed E-state index contributed by atoms with van der Waals surface area (Å²) >= 11 is 1.67. The van der Waals surface area contributed by atoms with Crippen molar-refractivity contribution in [1.82, 2.24) is 5.32 Å². The second kappa shape index (κ2) is 10.0. The highest BCUT2D eigenvalue weighted by Crippen LogP contribution is 2.24. The first-order valence-electron chi connectivity index (χ1n) is 10.3. The predicted octanol–water partition coefficient (Wildman–Crippen LogP) is 5.34. The van der Waals surface area contributed by atoms with E-state index in [1.165, 1.54) is 29.7 Å². The van der Waals surface area contributed by atoms with Gasteiger partial charge in [0, 0.05) is 24.5 Å². The highest BCUT2D eigenvalue weighted by Gasteiger charge is 2.17. The number of nitrogens with zero attached hydrogens (tertiary/aromatic N) is 1. The van der Waals surface area contributed by atoms with Crippen LogP contribution < -0.4 is 10.2 Å². The van der Waals surface area contributed by atoms with E-state index in [2.05, 4.69) is 79.5 Å². The van der Waals surface area contributed by atoms with E-state index in [-0.39, 0.29) is 11.9 Å². The summed E-state index contributed by atoms with van der Waals surface area (Å²) in [6.07, 6.45) is 2.61. The molecule has 150 valence electrons. The minimum atomic E-state index is 0.0286. The maximum atomic E-state index is 12.3. The third-order valence-corrected chi connectivity index (χ3v) is 6.53. The molecule has 2 unspecified atom stereocenters. The fraction of sp³-hybridized carbons (Fsp3) is 0.458. The number of hydrogen-bond acceptors (Lipinski definition) is 3. The minimum Gasteiger partial charge on any atom is -0.371 e. The largest absolute Gasteiger partial charge is 0.371 e. The van der Waals surface area contributed by atoms with Crippen molar-refractivity contribution in [3.8, 4) is 0 Å². The van der Waals surface area contributed by atoms with E-state index >= 15 is 0 Å². The molecule has 1 aliphatic rings. The number of amides is 1. The Morgan fingerprint density at radius 2 is 1.96 bits per heavy atom. The van der Waals surface area contributed by atoms with Crippen molar-refractivity contribution in [2.75, 3.05) is 23.7 Å². The lowest BCUT2D eigenvalue weighted by molar-refractivity contribution is -0.119. The topological polar surface area (TPSA) is 32.3 Å². The van der Waals surface area contributed by atoms with Gasteiger partial charge < -0.3 is 10.2 Å². The molecule has 2 atom stereocenters. The SMILES string of the molecule is Cc1ccccc1CSCC(=O)NC(C)c1ccc(N2CCCC(C)C2)cc1. The van der Waals surface area contributed by atoms with Crippen LogP contribution in [0.3, 0.4) is 0 Å². The first kappa shape index (κ1) is 20.8. The molecule has 1 amide bonds. The Balaban J connectivity index is 1.46. The lowest BCUT2D eigenvalue weighted by atomic mass is 9.99. The van der Waals surface area contributed by atoms with E-state index in [0.29, 0.717) is 5.75 Å². The Hall–Kier alpha value is -1.94. The molecule has 2 aromatic carbocycles. The van der Waals surface area contributed by atoms with Crippen LogP contribution >= 0.6 is 11.8 Å². The van der Waals surface area contributed by atoms with Crippen LogP contribution in [0.15, 0.2) is 48.5 Å². The number of anilines is 1. The first-order valence-corrected chi connectivity index (χ1v) is 11.4. The Bertz CT molecular complexity index is 774. The molecule has 1 fully saturated rings. The van der Waals surface area contributed by atoms with E-state index in [0.717, 1.165) is 30.3 Å². The van der Waals surface area contributed by atoms with Crippen molar-refractivity contribution in [3.05, 3.63) is 65.2 Å². The Morgan fingerprint density at radius 1 is 1.21 bits per heavy atom. The molecule has 0 bridgehead atoms. The summed E-state index contributed by atoms with van der Waals surface area (Å²) in [5.41, 5.74) is 5.04. The lowest BCUT2D eigenvalue weighted by Crippen LogP contribution is -2.34. The minimum absolute atomic E-state index is 0.0286. The lowest BCUT2D eigenvalue weighted by Gasteiger charge is -2.33. The molecule has 1 saturated heterocycles. The number of rotatable bonds is 7. The Morgan fingerprint density at radius 3 is 2.68 bits per heavy atom. The van der Waals surface area contributed by atoms with Crippen molar-refractivity contribution in [1.29, 1.82) is 0 Å². The normalized spacial score (nSPS) is 18.0. The van der Waals surface area contributed by atoms with Gasteiger partial charge in [-0.2, -0.15) is 0 Å². The van der Waals surface area contributed by atoms with Crippen LogP contribution in [0.25, 0.3) is 0 Å². The summed E-state index contributed by atoms with van der Waals surface area (Å²) < 4.78 is 0. The summed E-state index contributed by atoms with van der Waals surface area (Å²) in [5, 5.41) is 3.13. The average molecular weight is 397 g/mol. The zero-order valence-electron chi connectivity index (χ0n) is 17.3. The van der Waals surface area contributed by atoms with Crippen LogP contribution in [-0.4, -0.2) is 24.7 Å². The van der Waals surface area contributed by atoms with Crippen molar-refractivity contribution in [3.63, 3.8) is 0 Å². The van der Waals surface area contributed by atoms with Gasteiger partial charge in [-0.15, -0.1) is 11.8 Å². The molecule has 3 rings (SSSR count). The predicted molar refractivity (Wildman–Crippen MR) is 121 cm³/mol. The molecule has 0 radical (unpaired) electrons. The van der Waals surface area contributed by atoms with Gasteiger partial charge in [-0.3, -0.25) is 4.79 Å². The molecule has 0 saturated carbocycles. The molecule has 1 N–H and O–H groups in total. The average Bonchev–Trinajstić information content (AvgIpc) is 2.69. The molecule has 1 aliphatic heterocycles. The van der Waals surface area contributed by atoms with Gasteiger partial charge in [0.1, 0.15) is 0 Å². The number of benzene rings is 2. The fourth-order valence-corrected chi connectivity index (χ4v) is 4.70. The van der Waals surface area contributed by atoms with Gasteiger partial charge in [0.25, 0.3) is 0 Å². The molecule has 4 heteroatoms. The number of carbonyl (C=O) groups excluding carboxylic acids is 1. The third-order valence-electron chi connectivity index (χ3n) is 5.54. The second-order valence-corrected chi connectivity index (χ2v) is 8.98. The van der Waals surface area contributed by atoms with Gasteiger partial charge in [0.15, 0.2) is 0 Å². The summed E-state index contributed by atoms with van der Waals surface area (Å²) in [6, 6.07) is 17.1. The van der Waals surface area contributed by atoms with Crippen LogP contribution in [0, 0.1) is 12.8 Å². The zero-order chi connectivity index (χ0) is 19.9. The molecule has 3 nitrogen and oxygen atoms in total. The Labute approximate surface area is 173 Å². The maximum absolute atomic E-state index is 12.3. The maximum Gasteiger partial charge on any atom is 0.230 e. The Kier molecular flexibility index (Phi) is 7.43. The molecule has 2 aromatic rings. The molecule has 28 heavy (non-hydrogen) atoms. The summed E-state index contributed by atoms with van der Waals surface area (Å²) in [4.78, 5) is 14.8. The van der Waals surface area contributed by atoms with Gasteiger partial charge >= 0.3 is 0 Å². The number of hydrogen-bond donors (Lipinski definition) is 1. The summed E-state index contributed by atoms with van der Waals surface area (Å²) in [5.74, 6) is 2.23. The third kappa shape index (κ3) is 5.78. The molecule has 1 heterocycles. The van der Waals surface area contributed by atoms with E-state index in [1.807, 2.05) is 0 Å². The number of nitrogens with one attached hydrogen (secondary N) is 1. The van der Waals surface area contributed by atoms with Gasteiger partial charge in [-0.05, 0) is 61.4 Å². The van der Waals surface area contributed by atoms with Crippen molar-refractivity contribution in [2.24, 2.45) is 5.92 Å². The standard InChI is InChI=1S/C24H32N2OS/c1-18-7-6-14-26(15-18)23-12-10-21(11-13-23)20(3)25-24(27)17-28-16-22-9-5-4-8-19(22)2/h4-5,8-13,18,20H,6-7,14-17H2,1-3H3,(H,25,27). The smallest absolute Gasteiger partial charge is 0.230 e. The van der Waals surface area contributed by atoms with Crippen LogP contribution in [0.4, 0.5) is 5.69 Å². The molecular formula is C24H32N2OS. The highest BCUT2D eigenvalue weighted by atomic mass is 32.2. The second-order valence-electron chi connectivity index (χ2n) is 7.99. The summed E-state index contributed by atoms with van der Waals surface area (Å²) in [6.45, 7) is 8.79. The van der Waals surface area contributed by atoms with Gasteiger partial charge in [-0.25, -0.2) is 0 Å². The number of aryl methyl sites for hydroxylation is 1. The van der Waals surface area contributed by atoms with Gasteiger partial charge in [0.2, 0.25) is 5.91 Å².